The summed E-state index contributed by atoms with van der Waals surface area (Å²) in [5, 5.41) is 10.3. The van der Waals surface area contributed by atoms with Crippen molar-refractivity contribution in [1.29, 1.82) is 0 Å². The molecule has 1 aromatic rings. The lowest BCUT2D eigenvalue weighted by molar-refractivity contribution is -0.297. The molecule has 0 saturated heterocycles. The average molecular weight is 207 g/mol. The molecule has 80 valence electrons. The molecule has 0 atom stereocenters. The molecule has 0 fully saturated rings. The first-order valence-electron chi connectivity index (χ1n) is 4.28. The third-order valence-electron chi connectivity index (χ3n) is 1.84. The van der Waals surface area contributed by atoms with Gasteiger partial charge in [-0.15, -0.1) is 0 Å². The minimum atomic E-state index is -1.25. The third-order valence-corrected chi connectivity index (χ3v) is 1.84. The van der Waals surface area contributed by atoms with Crippen molar-refractivity contribution in [2.24, 2.45) is 0 Å². The van der Waals surface area contributed by atoms with E-state index in [4.69, 9.17) is 9.47 Å². The summed E-state index contributed by atoms with van der Waals surface area (Å²) >= 11 is 0. The van der Waals surface area contributed by atoms with Crippen LogP contribution in [0.3, 0.4) is 0 Å². The largest absolute Gasteiger partial charge is 0.545 e. The summed E-state index contributed by atoms with van der Waals surface area (Å²) in [5.74, 6) is -0.0398. The second kappa shape index (κ2) is 5.05. The Bertz CT molecular complexity index is 382. The van der Waals surface area contributed by atoms with E-state index in [1.165, 1.54) is 20.3 Å². The van der Waals surface area contributed by atoms with Crippen LogP contribution in [0.4, 0.5) is 0 Å². The van der Waals surface area contributed by atoms with Crippen molar-refractivity contribution in [1.82, 2.24) is 0 Å². The monoisotopic (exact) mass is 207 g/mol. The molecule has 0 radical (unpaired) electrons. The van der Waals surface area contributed by atoms with Gasteiger partial charge in [-0.2, -0.15) is 0 Å². The Hall–Kier alpha value is -1.97. The molecule has 0 aromatic heterocycles. The fourth-order valence-electron chi connectivity index (χ4n) is 1.13. The maximum atomic E-state index is 10.3. The fourth-order valence-corrected chi connectivity index (χ4v) is 1.13. The van der Waals surface area contributed by atoms with E-state index in [1.54, 1.807) is 18.2 Å². The van der Waals surface area contributed by atoms with Gasteiger partial charge in [0.25, 0.3) is 0 Å². The number of aliphatic carboxylic acids is 1. The van der Waals surface area contributed by atoms with Gasteiger partial charge in [0, 0.05) is 5.56 Å². The average Bonchev–Trinajstić information content (AvgIpc) is 2.25. The van der Waals surface area contributed by atoms with Crippen molar-refractivity contribution in [2.75, 3.05) is 14.2 Å². The van der Waals surface area contributed by atoms with Gasteiger partial charge in [-0.3, -0.25) is 0 Å². The molecule has 0 aliphatic rings. The SMILES string of the molecule is COc1ccc(OC)c(/C=C\C(=O)[O-])c1. The first-order valence-corrected chi connectivity index (χ1v) is 4.28. The van der Waals surface area contributed by atoms with Crippen LogP contribution in [-0.2, 0) is 4.79 Å². The van der Waals surface area contributed by atoms with Crippen LogP contribution in [0, 0.1) is 0 Å². The van der Waals surface area contributed by atoms with Crippen LogP contribution in [0.25, 0.3) is 6.08 Å². The molecular formula is C11H11O4-. The number of benzene rings is 1. The van der Waals surface area contributed by atoms with Gasteiger partial charge < -0.3 is 19.4 Å². The predicted octanol–water partition coefficient (Wildman–Crippen LogP) is 0.467. The summed E-state index contributed by atoms with van der Waals surface area (Å²) in [6, 6.07) is 5.11. The van der Waals surface area contributed by atoms with Crippen molar-refractivity contribution in [3.05, 3.63) is 29.8 Å². The molecule has 1 rings (SSSR count). The summed E-state index contributed by atoms with van der Waals surface area (Å²) in [7, 11) is 3.05. The van der Waals surface area contributed by atoms with Crippen molar-refractivity contribution in [2.45, 2.75) is 0 Å². The number of carbonyl (C=O) groups is 1. The standard InChI is InChI=1S/C11H12O4/c1-14-9-4-5-10(15-2)8(7-9)3-6-11(12)13/h3-7H,1-2H3,(H,12,13)/p-1/b6-3-. The van der Waals surface area contributed by atoms with E-state index in [9.17, 15) is 9.90 Å². The lowest BCUT2D eigenvalue weighted by atomic mass is 10.1. The second-order valence-corrected chi connectivity index (χ2v) is 2.76. The van der Waals surface area contributed by atoms with E-state index in [2.05, 4.69) is 0 Å². The predicted molar refractivity (Wildman–Crippen MR) is 53.6 cm³/mol. The van der Waals surface area contributed by atoms with Crippen LogP contribution in [-0.4, -0.2) is 20.2 Å². The van der Waals surface area contributed by atoms with Crippen LogP contribution in [0.1, 0.15) is 5.56 Å². The molecule has 0 bridgehead atoms. The summed E-state index contributed by atoms with van der Waals surface area (Å²) in [6.07, 6.45) is 2.34. The molecule has 4 heteroatoms. The number of hydrogen-bond donors (Lipinski definition) is 0. The fraction of sp³-hybridized carbons (Fsp3) is 0.182. The Morgan fingerprint density at radius 1 is 1.33 bits per heavy atom. The van der Waals surface area contributed by atoms with Crippen LogP contribution in [0.2, 0.25) is 0 Å². The van der Waals surface area contributed by atoms with Gasteiger partial charge in [-0.05, 0) is 30.4 Å². The number of rotatable bonds is 4. The summed E-state index contributed by atoms with van der Waals surface area (Å²) in [6.45, 7) is 0. The molecular weight excluding hydrogens is 196 g/mol. The smallest absolute Gasteiger partial charge is 0.126 e. The highest BCUT2D eigenvalue weighted by Gasteiger charge is 2.01. The van der Waals surface area contributed by atoms with Gasteiger partial charge in [0.1, 0.15) is 11.5 Å². The zero-order chi connectivity index (χ0) is 11.3. The number of carbonyl (C=O) groups excluding carboxylic acids is 1. The van der Waals surface area contributed by atoms with Crippen molar-refractivity contribution < 1.29 is 19.4 Å². The highest BCUT2D eigenvalue weighted by atomic mass is 16.5. The molecule has 0 amide bonds. The van der Waals surface area contributed by atoms with Crippen molar-refractivity contribution in [3.8, 4) is 11.5 Å². The molecule has 1 aromatic carbocycles. The van der Waals surface area contributed by atoms with Crippen LogP contribution >= 0.6 is 0 Å². The molecule has 0 spiro atoms. The Morgan fingerprint density at radius 3 is 2.60 bits per heavy atom. The molecule has 4 nitrogen and oxygen atoms in total. The second-order valence-electron chi connectivity index (χ2n) is 2.76. The lowest BCUT2D eigenvalue weighted by Crippen LogP contribution is -2.18. The number of methoxy groups -OCH3 is 2. The van der Waals surface area contributed by atoms with E-state index in [1.807, 2.05) is 0 Å². The van der Waals surface area contributed by atoms with Crippen molar-refractivity contribution in [3.63, 3.8) is 0 Å². The zero-order valence-electron chi connectivity index (χ0n) is 8.52. The number of carboxylic acids is 1. The Balaban J connectivity index is 3.06. The summed E-state index contributed by atoms with van der Waals surface area (Å²) in [4.78, 5) is 10.3. The number of carboxylic acid groups (broad SMARTS) is 1. The first kappa shape index (κ1) is 11.1. The Morgan fingerprint density at radius 2 is 2.07 bits per heavy atom. The van der Waals surface area contributed by atoms with E-state index < -0.39 is 5.97 Å². The molecule has 0 unspecified atom stereocenters. The van der Waals surface area contributed by atoms with Crippen molar-refractivity contribution >= 4 is 12.0 Å². The minimum Gasteiger partial charge on any atom is -0.545 e. The van der Waals surface area contributed by atoms with Gasteiger partial charge >= 0.3 is 0 Å². The molecule has 0 saturated carbocycles. The number of hydrogen-bond acceptors (Lipinski definition) is 4. The highest BCUT2D eigenvalue weighted by molar-refractivity contribution is 5.84. The van der Waals surface area contributed by atoms with E-state index in [0.29, 0.717) is 17.1 Å². The topological polar surface area (TPSA) is 58.6 Å². The van der Waals surface area contributed by atoms with Crippen LogP contribution < -0.4 is 14.6 Å². The summed E-state index contributed by atoms with van der Waals surface area (Å²) in [5.41, 5.74) is 0.626. The Labute approximate surface area is 87.7 Å². The highest BCUT2D eigenvalue weighted by Crippen LogP contribution is 2.24. The summed E-state index contributed by atoms with van der Waals surface area (Å²) < 4.78 is 10.1. The van der Waals surface area contributed by atoms with Gasteiger partial charge in [0.2, 0.25) is 0 Å². The number of ether oxygens (including phenoxy) is 2. The molecule has 0 N–H and O–H groups in total. The lowest BCUT2D eigenvalue weighted by Gasteiger charge is -2.07. The van der Waals surface area contributed by atoms with E-state index >= 15 is 0 Å². The molecule has 0 aliphatic carbocycles. The molecule has 15 heavy (non-hydrogen) atoms. The maximum Gasteiger partial charge on any atom is 0.126 e. The first-order chi connectivity index (χ1) is 7.17. The molecule has 0 aliphatic heterocycles. The van der Waals surface area contributed by atoms with Crippen LogP contribution in [0.5, 0.6) is 11.5 Å². The Kier molecular flexibility index (Phi) is 3.74. The van der Waals surface area contributed by atoms with Gasteiger partial charge in [-0.25, -0.2) is 0 Å². The van der Waals surface area contributed by atoms with Crippen LogP contribution in [0.15, 0.2) is 24.3 Å². The van der Waals surface area contributed by atoms with E-state index in [0.717, 1.165) is 6.08 Å². The van der Waals surface area contributed by atoms with Gasteiger partial charge in [0.15, 0.2) is 0 Å². The normalized spacial score (nSPS) is 10.3. The third kappa shape index (κ3) is 3.02. The maximum absolute atomic E-state index is 10.3. The van der Waals surface area contributed by atoms with Gasteiger partial charge in [-0.1, -0.05) is 0 Å². The minimum absolute atomic E-state index is 0.577. The van der Waals surface area contributed by atoms with Gasteiger partial charge in [0.05, 0.1) is 20.2 Å². The zero-order valence-corrected chi connectivity index (χ0v) is 8.52. The quantitative estimate of drug-likeness (QED) is 0.673. The van der Waals surface area contributed by atoms with E-state index in [-0.39, 0.29) is 0 Å². The molecule has 0 heterocycles.